The molecule has 0 spiro atoms. The maximum absolute atomic E-state index is 4.91. The van der Waals surface area contributed by atoms with Crippen molar-refractivity contribution >= 4 is 16.5 Å². The second-order valence-corrected chi connectivity index (χ2v) is 8.20. The number of rotatable bonds is 2. The summed E-state index contributed by atoms with van der Waals surface area (Å²) >= 11 is 1.78. The highest BCUT2D eigenvalue weighted by Crippen LogP contribution is 2.38. The number of hydrogen-bond donors (Lipinski definition) is 1. The Balaban J connectivity index is 1.62. The van der Waals surface area contributed by atoms with Gasteiger partial charge in [0.1, 0.15) is 0 Å². The number of benzene rings is 1. The van der Waals surface area contributed by atoms with Gasteiger partial charge in [-0.1, -0.05) is 26.0 Å². The molecular weight excluding hydrogens is 302 g/mol. The van der Waals surface area contributed by atoms with Gasteiger partial charge in [-0.05, 0) is 41.9 Å². The fourth-order valence-corrected chi connectivity index (χ4v) is 4.76. The molecule has 0 bridgehead atoms. The zero-order chi connectivity index (χ0) is 15.9. The third-order valence-electron chi connectivity index (χ3n) is 5.26. The van der Waals surface area contributed by atoms with Crippen LogP contribution in [0.15, 0.2) is 23.6 Å². The SMILES string of the molecule is CC1(C)CCCc2cc(-c3csc(N4CCNCC4)n3)ccc21. The largest absolute Gasteiger partial charge is 0.346 e. The molecular formula is C19H25N3S. The molecule has 2 aliphatic rings. The Morgan fingerprint density at radius 1 is 1.22 bits per heavy atom. The summed E-state index contributed by atoms with van der Waals surface area (Å²) in [6.45, 7) is 8.98. The van der Waals surface area contributed by atoms with Crippen LogP contribution in [0.4, 0.5) is 5.13 Å². The summed E-state index contributed by atoms with van der Waals surface area (Å²) in [5, 5.41) is 6.78. The Labute approximate surface area is 142 Å². The first-order valence-electron chi connectivity index (χ1n) is 8.68. The average Bonchev–Trinajstić information content (AvgIpc) is 3.05. The van der Waals surface area contributed by atoms with Crippen molar-refractivity contribution in [3.63, 3.8) is 0 Å². The van der Waals surface area contributed by atoms with E-state index in [1.165, 1.54) is 41.1 Å². The number of nitrogens with one attached hydrogen (secondary N) is 1. The molecule has 1 N–H and O–H groups in total. The molecule has 1 aromatic heterocycles. The molecule has 0 unspecified atom stereocenters. The average molecular weight is 327 g/mol. The number of aryl methyl sites for hydroxylation is 1. The zero-order valence-corrected chi connectivity index (χ0v) is 14.9. The fraction of sp³-hybridized carbons (Fsp3) is 0.526. The fourth-order valence-electron chi connectivity index (χ4n) is 3.87. The lowest BCUT2D eigenvalue weighted by molar-refractivity contribution is 0.432. The maximum atomic E-state index is 4.91. The molecule has 3 nitrogen and oxygen atoms in total. The van der Waals surface area contributed by atoms with Crippen molar-refractivity contribution in [1.82, 2.24) is 10.3 Å². The van der Waals surface area contributed by atoms with Crippen molar-refractivity contribution in [3.8, 4) is 11.3 Å². The number of nitrogens with zero attached hydrogens (tertiary/aromatic N) is 2. The van der Waals surface area contributed by atoms with Crippen LogP contribution < -0.4 is 10.2 Å². The van der Waals surface area contributed by atoms with E-state index in [0.29, 0.717) is 5.41 Å². The second-order valence-electron chi connectivity index (χ2n) is 7.36. The van der Waals surface area contributed by atoms with Gasteiger partial charge in [0, 0.05) is 37.1 Å². The highest BCUT2D eigenvalue weighted by molar-refractivity contribution is 7.14. The van der Waals surface area contributed by atoms with Crippen molar-refractivity contribution in [2.75, 3.05) is 31.1 Å². The number of aromatic nitrogens is 1. The number of fused-ring (bicyclic) bond motifs is 1. The van der Waals surface area contributed by atoms with E-state index in [4.69, 9.17) is 4.98 Å². The molecule has 0 saturated carbocycles. The summed E-state index contributed by atoms with van der Waals surface area (Å²) in [6.07, 6.45) is 3.80. The first-order valence-corrected chi connectivity index (χ1v) is 9.56. The predicted octanol–water partition coefficient (Wildman–Crippen LogP) is 3.83. The van der Waals surface area contributed by atoms with Gasteiger partial charge in [0.05, 0.1) is 5.69 Å². The molecule has 4 rings (SSSR count). The number of anilines is 1. The predicted molar refractivity (Wildman–Crippen MR) is 98.6 cm³/mol. The summed E-state index contributed by atoms with van der Waals surface area (Å²) in [5.74, 6) is 0. The Morgan fingerprint density at radius 2 is 2.04 bits per heavy atom. The Morgan fingerprint density at radius 3 is 2.87 bits per heavy atom. The smallest absolute Gasteiger partial charge is 0.185 e. The van der Waals surface area contributed by atoms with Gasteiger partial charge in [0.15, 0.2) is 5.13 Å². The molecule has 1 aromatic carbocycles. The van der Waals surface area contributed by atoms with E-state index in [9.17, 15) is 0 Å². The minimum atomic E-state index is 0.320. The lowest BCUT2D eigenvalue weighted by atomic mass is 9.72. The zero-order valence-electron chi connectivity index (χ0n) is 14.1. The van der Waals surface area contributed by atoms with Crippen LogP contribution in [0.1, 0.15) is 37.8 Å². The Bertz CT molecular complexity index is 698. The van der Waals surface area contributed by atoms with Gasteiger partial charge in [0.25, 0.3) is 0 Å². The van der Waals surface area contributed by atoms with Gasteiger partial charge >= 0.3 is 0 Å². The normalized spacial score (nSPS) is 20.3. The maximum Gasteiger partial charge on any atom is 0.185 e. The third kappa shape index (κ3) is 2.90. The lowest BCUT2D eigenvalue weighted by Crippen LogP contribution is -2.43. The van der Waals surface area contributed by atoms with Crippen molar-refractivity contribution in [1.29, 1.82) is 0 Å². The van der Waals surface area contributed by atoms with Crippen molar-refractivity contribution in [2.45, 2.75) is 38.5 Å². The monoisotopic (exact) mass is 327 g/mol. The van der Waals surface area contributed by atoms with Crippen LogP contribution in [0.5, 0.6) is 0 Å². The van der Waals surface area contributed by atoms with Crippen molar-refractivity contribution in [3.05, 3.63) is 34.7 Å². The van der Waals surface area contributed by atoms with Crippen LogP contribution in [-0.2, 0) is 11.8 Å². The van der Waals surface area contributed by atoms with Gasteiger partial charge in [-0.15, -0.1) is 11.3 Å². The minimum absolute atomic E-state index is 0.320. The van der Waals surface area contributed by atoms with E-state index in [-0.39, 0.29) is 0 Å². The van der Waals surface area contributed by atoms with Crippen LogP contribution in [0.3, 0.4) is 0 Å². The van der Waals surface area contributed by atoms with Crippen LogP contribution in [0.25, 0.3) is 11.3 Å². The summed E-state index contributed by atoms with van der Waals surface area (Å²) in [7, 11) is 0. The Kier molecular flexibility index (Phi) is 3.90. The standard InChI is InChI=1S/C19H25N3S/c1-19(2)7-3-4-14-12-15(5-6-16(14)19)17-13-23-18(21-17)22-10-8-20-9-11-22/h5-6,12-13,20H,3-4,7-11H2,1-2H3. The first-order chi connectivity index (χ1) is 11.1. The Hall–Kier alpha value is -1.39. The van der Waals surface area contributed by atoms with E-state index in [1.807, 2.05) is 0 Å². The van der Waals surface area contributed by atoms with E-state index in [2.05, 4.69) is 47.6 Å². The molecule has 1 saturated heterocycles. The van der Waals surface area contributed by atoms with Gasteiger partial charge in [-0.2, -0.15) is 0 Å². The molecule has 4 heteroatoms. The molecule has 23 heavy (non-hydrogen) atoms. The van der Waals surface area contributed by atoms with Gasteiger partial charge in [-0.25, -0.2) is 4.98 Å². The van der Waals surface area contributed by atoms with Crippen LogP contribution in [-0.4, -0.2) is 31.2 Å². The molecule has 1 aliphatic carbocycles. The van der Waals surface area contributed by atoms with E-state index < -0.39 is 0 Å². The van der Waals surface area contributed by atoms with E-state index in [1.54, 1.807) is 11.3 Å². The minimum Gasteiger partial charge on any atom is -0.346 e. The molecule has 1 fully saturated rings. The van der Waals surface area contributed by atoms with Crippen LogP contribution in [0, 0.1) is 0 Å². The van der Waals surface area contributed by atoms with Gasteiger partial charge < -0.3 is 10.2 Å². The summed E-state index contributed by atoms with van der Waals surface area (Å²) in [6, 6.07) is 6.99. The molecule has 0 atom stereocenters. The van der Waals surface area contributed by atoms with Gasteiger partial charge in [-0.3, -0.25) is 0 Å². The summed E-state index contributed by atoms with van der Waals surface area (Å²) in [5.41, 5.74) is 5.79. The van der Waals surface area contributed by atoms with Crippen LogP contribution >= 0.6 is 11.3 Å². The van der Waals surface area contributed by atoms with Gasteiger partial charge in [0.2, 0.25) is 0 Å². The molecule has 0 amide bonds. The lowest BCUT2D eigenvalue weighted by Gasteiger charge is -2.32. The number of piperazine rings is 1. The topological polar surface area (TPSA) is 28.2 Å². The molecule has 1 aliphatic heterocycles. The summed E-state index contributed by atoms with van der Waals surface area (Å²) < 4.78 is 0. The number of hydrogen-bond acceptors (Lipinski definition) is 4. The van der Waals surface area contributed by atoms with E-state index in [0.717, 1.165) is 31.9 Å². The summed E-state index contributed by atoms with van der Waals surface area (Å²) in [4.78, 5) is 7.30. The van der Waals surface area contributed by atoms with E-state index >= 15 is 0 Å². The molecule has 2 aromatic rings. The quantitative estimate of drug-likeness (QED) is 0.908. The van der Waals surface area contributed by atoms with Crippen LogP contribution in [0.2, 0.25) is 0 Å². The molecule has 122 valence electrons. The van der Waals surface area contributed by atoms with Crippen molar-refractivity contribution in [2.24, 2.45) is 0 Å². The highest BCUT2D eigenvalue weighted by atomic mass is 32.1. The second kappa shape index (κ2) is 5.91. The molecule has 2 heterocycles. The first kappa shape index (κ1) is 15.2. The van der Waals surface area contributed by atoms with Crippen molar-refractivity contribution < 1.29 is 0 Å². The number of thiazole rings is 1. The third-order valence-corrected chi connectivity index (χ3v) is 6.16. The molecule has 0 radical (unpaired) electrons. The highest BCUT2D eigenvalue weighted by Gasteiger charge is 2.27.